The van der Waals surface area contributed by atoms with Crippen LogP contribution in [0.15, 0.2) is 53.3 Å². The number of carbonyl (C=O) groups excluding carboxylic acids is 1. The highest BCUT2D eigenvalue weighted by molar-refractivity contribution is 9.10. The molecule has 1 aliphatic heterocycles. The molecule has 0 bridgehead atoms. The molecular weight excluding hydrogens is 370 g/mol. The Morgan fingerprint density at radius 3 is 2.75 bits per heavy atom. The van der Waals surface area contributed by atoms with Crippen molar-refractivity contribution in [3.63, 3.8) is 0 Å². The molecule has 1 aromatic heterocycles. The van der Waals surface area contributed by atoms with Gasteiger partial charge in [0.25, 0.3) is 0 Å². The quantitative estimate of drug-likeness (QED) is 0.755. The van der Waals surface area contributed by atoms with Gasteiger partial charge in [0.05, 0.1) is 11.0 Å². The Kier molecular flexibility index (Phi) is 5.59. The van der Waals surface area contributed by atoms with Gasteiger partial charge in [-0.2, -0.15) is 0 Å². The van der Waals surface area contributed by atoms with Crippen molar-refractivity contribution in [1.82, 2.24) is 14.9 Å². The van der Waals surface area contributed by atoms with Crippen LogP contribution in [0.1, 0.15) is 18.4 Å². The van der Waals surface area contributed by atoms with E-state index >= 15 is 0 Å². The number of hydrogen-bond acceptors (Lipinski definition) is 4. The van der Waals surface area contributed by atoms with Gasteiger partial charge in [0, 0.05) is 25.0 Å². The molecule has 5 nitrogen and oxygen atoms in total. The third kappa shape index (κ3) is 4.64. The van der Waals surface area contributed by atoms with E-state index in [1.165, 1.54) is 0 Å². The number of piperidine rings is 1. The minimum Gasteiger partial charge on any atom is -0.458 e. The molecule has 3 rings (SSSR count). The number of halogens is 1. The first-order chi connectivity index (χ1) is 11.7. The summed E-state index contributed by atoms with van der Waals surface area (Å²) in [5.74, 6) is 0.00359. The lowest BCUT2D eigenvalue weighted by atomic mass is 10.1. The van der Waals surface area contributed by atoms with Crippen molar-refractivity contribution in [2.45, 2.75) is 18.9 Å². The van der Waals surface area contributed by atoms with E-state index in [0.29, 0.717) is 12.6 Å². The molecule has 1 aromatic carbocycles. The molecule has 6 heteroatoms. The molecule has 124 valence electrons. The van der Waals surface area contributed by atoms with E-state index in [9.17, 15) is 4.79 Å². The third-order valence-corrected chi connectivity index (χ3v) is 4.19. The van der Waals surface area contributed by atoms with Gasteiger partial charge in [-0.3, -0.25) is 4.79 Å². The molecule has 0 radical (unpaired) electrons. The molecule has 0 N–H and O–H groups in total. The fourth-order valence-electron chi connectivity index (χ4n) is 2.58. The first-order valence-corrected chi connectivity index (χ1v) is 8.66. The molecular formula is C18H18BrN3O2. The molecule has 1 saturated heterocycles. The maximum absolute atomic E-state index is 12.4. The van der Waals surface area contributed by atoms with Crippen LogP contribution >= 0.6 is 15.9 Å². The Bertz CT molecular complexity index is 704. The van der Waals surface area contributed by atoms with Gasteiger partial charge in [-0.05, 0) is 40.4 Å². The number of rotatable bonds is 4. The molecule has 1 unspecified atom stereocenters. The van der Waals surface area contributed by atoms with E-state index in [-0.39, 0.29) is 12.0 Å². The summed E-state index contributed by atoms with van der Waals surface area (Å²) in [4.78, 5) is 22.4. The predicted molar refractivity (Wildman–Crippen MR) is 95.4 cm³/mol. The average Bonchev–Trinajstić information content (AvgIpc) is 2.63. The summed E-state index contributed by atoms with van der Waals surface area (Å²) in [6.45, 7) is 1.30. The van der Waals surface area contributed by atoms with Crippen LogP contribution in [0.25, 0.3) is 6.08 Å². The maximum atomic E-state index is 12.4. The lowest BCUT2D eigenvalue weighted by Gasteiger charge is -2.31. The van der Waals surface area contributed by atoms with Gasteiger partial charge < -0.3 is 9.64 Å². The van der Waals surface area contributed by atoms with E-state index in [4.69, 9.17) is 4.74 Å². The van der Waals surface area contributed by atoms with E-state index in [0.717, 1.165) is 29.4 Å². The van der Waals surface area contributed by atoms with Gasteiger partial charge in [-0.15, -0.1) is 0 Å². The first kappa shape index (κ1) is 16.6. The molecule has 0 aliphatic carbocycles. The summed E-state index contributed by atoms with van der Waals surface area (Å²) < 4.78 is 6.60. The third-order valence-electron chi connectivity index (χ3n) is 3.78. The van der Waals surface area contributed by atoms with Crippen molar-refractivity contribution in [2.75, 3.05) is 13.1 Å². The van der Waals surface area contributed by atoms with Crippen molar-refractivity contribution in [2.24, 2.45) is 0 Å². The van der Waals surface area contributed by atoms with Gasteiger partial charge >= 0.3 is 6.01 Å². The van der Waals surface area contributed by atoms with Crippen molar-refractivity contribution < 1.29 is 9.53 Å². The Hall–Kier alpha value is -2.21. The number of benzene rings is 1. The topological polar surface area (TPSA) is 55.3 Å². The highest BCUT2D eigenvalue weighted by atomic mass is 79.9. The van der Waals surface area contributed by atoms with Crippen LogP contribution in [0.3, 0.4) is 0 Å². The van der Waals surface area contributed by atoms with Crippen LogP contribution in [0.5, 0.6) is 6.01 Å². The number of ether oxygens (including phenoxy) is 1. The predicted octanol–water partition coefficient (Wildman–Crippen LogP) is 3.32. The van der Waals surface area contributed by atoms with Crippen LogP contribution < -0.4 is 4.74 Å². The van der Waals surface area contributed by atoms with Crippen LogP contribution in [-0.4, -0.2) is 40.0 Å². The SMILES string of the molecule is O=C(C=Cc1ccccc1)N1CCCC(Oc2ncc(Br)cn2)C1. The van der Waals surface area contributed by atoms with E-state index in [1.807, 2.05) is 41.3 Å². The molecule has 0 spiro atoms. The summed E-state index contributed by atoms with van der Waals surface area (Å²) in [6.07, 6.45) is 8.48. The van der Waals surface area contributed by atoms with Crippen LogP contribution in [0.4, 0.5) is 0 Å². The van der Waals surface area contributed by atoms with Gasteiger partial charge in [-0.25, -0.2) is 9.97 Å². The number of hydrogen-bond donors (Lipinski definition) is 0. The minimum absolute atomic E-state index is 0.00359. The van der Waals surface area contributed by atoms with Gasteiger partial charge in [0.15, 0.2) is 0 Å². The zero-order valence-corrected chi connectivity index (χ0v) is 14.7. The van der Waals surface area contributed by atoms with E-state index in [1.54, 1.807) is 18.5 Å². The Balaban J connectivity index is 1.57. The highest BCUT2D eigenvalue weighted by Gasteiger charge is 2.24. The second kappa shape index (κ2) is 8.06. The molecule has 0 saturated carbocycles. The van der Waals surface area contributed by atoms with Crippen molar-refractivity contribution >= 4 is 27.9 Å². The average molecular weight is 388 g/mol. The lowest BCUT2D eigenvalue weighted by Crippen LogP contribution is -2.43. The van der Waals surface area contributed by atoms with Gasteiger partial charge in [0.1, 0.15) is 6.10 Å². The molecule has 2 heterocycles. The van der Waals surface area contributed by atoms with E-state index < -0.39 is 0 Å². The Morgan fingerprint density at radius 2 is 2.00 bits per heavy atom. The van der Waals surface area contributed by atoms with Crippen LogP contribution in [0.2, 0.25) is 0 Å². The zero-order chi connectivity index (χ0) is 16.8. The monoisotopic (exact) mass is 387 g/mol. The minimum atomic E-state index is -0.0750. The Morgan fingerprint density at radius 1 is 1.25 bits per heavy atom. The number of nitrogens with zero attached hydrogens (tertiary/aromatic N) is 3. The smallest absolute Gasteiger partial charge is 0.316 e. The summed E-state index contributed by atoms with van der Waals surface area (Å²) in [6, 6.07) is 10.1. The molecule has 24 heavy (non-hydrogen) atoms. The Labute approximate surface area is 149 Å². The van der Waals surface area contributed by atoms with Gasteiger partial charge in [0.2, 0.25) is 5.91 Å². The molecule has 1 fully saturated rings. The van der Waals surface area contributed by atoms with E-state index in [2.05, 4.69) is 25.9 Å². The number of aromatic nitrogens is 2. The normalized spacial score (nSPS) is 17.9. The van der Waals surface area contributed by atoms with Crippen LogP contribution in [-0.2, 0) is 4.79 Å². The van der Waals surface area contributed by atoms with Crippen molar-refractivity contribution in [3.05, 3.63) is 58.8 Å². The standard InChI is InChI=1S/C18H18BrN3O2/c19-15-11-20-18(21-12-15)24-16-7-4-10-22(13-16)17(23)9-8-14-5-2-1-3-6-14/h1-3,5-6,8-9,11-12,16H,4,7,10,13H2. The fourth-order valence-corrected chi connectivity index (χ4v) is 2.79. The summed E-state index contributed by atoms with van der Waals surface area (Å²) >= 11 is 3.29. The van der Waals surface area contributed by atoms with Crippen LogP contribution in [0, 0.1) is 0 Å². The molecule has 2 aromatic rings. The lowest BCUT2D eigenvalue weighted by molar-refractivity contribution is -0.128. The maximum Gasteiger partial charge on any atom is 0.316 e. The van der Waals surface area contributed by atoms with Gasteiger partial charge in [-0.1, -0.05) is 30.3 Å². The summed E-state index contributed by atoms with van der Waals surface area (Å²) in [5, 5.41) is 0. The molecule has 1 amide bonds. The first-order valence-electron chi connectivity index (χ1n) is 7.87. The number of likely N-dealkylation sites (tertiary alicyclic amines) is 1. The zero-order valence-electron chi connectivity index (χ0n) is 13.1. The molecule has 1 atom stereocenters. The summed E-state index contributed by atoms with van der Waals surface area (Å²) in [5.41, 5.74) is 1.01. The second-order valence-corrected chi connectivity index (χ2v) is 6.51. The number of amides is 1. The second-order valence-electron chi connectivity index (χ2n) is 5.59. The fraction of sp³-hybridized carbons (Fsp3) is 0.278. The number of carbonyl (C=O) groups is 1. The van der Waals surface area contributed by atoms with Crippen molar-refractivity contribution in [3.8, 4) is 6.01 Å². The largest absolute Gasteiger partial charge is 0.458 e. The summed E-state index contributed by atoms with van der Waals surface area (Å²) in [7, 11) is 0. The van der Waals surface area contributed by atoms with Crippen molar-refractivity contribution in [1.29, 1.82) is 0 Å². The molecule has 1 aliphatic rings. The highest BCUT2D eigenvalue weighted by Crippen LogP contribution is 2.17.